The second kappa shape index (κ2) is 20.2. The fraction of sp³-hybridized carbons (Fsp3) is 0.581. The van der Waals surface area contributed by atoms with Gasteiger partial charge in [-0.1, -0.05) is 100 Å². The van der Waals surface area contributed by atoms with E-state index in [2.05, 4.69) is 71.9 Å². The van der Waals surface area contributed by atoms with Crippen molar-refractivity contribution in [1.82, 2.24) is 0 Å². The van der Waals surface area contributed by atoms with E-state index in [1.54, 1.807) is 0 Å². The molecule has 0 heterocycles. The molecule has 0 atom stereocenters. The van der Waals surface area contributed by atoms with Crippen LogP contribution in [0.2, 0.25) is 0 Å². The molecular formula is C43H63NO2PPd+. The Morgan fingerprint density at radius 1 is 0.708 bits per heavy atom. The van der Waals surface area contributed by atoms with Crippen molar-refractivity contribution >= 4 is 13.2 Å². The largest absolute Gasteiger partial charge is 2.00 e. The van der Waals surface area contributed by atoms with Crippen molar-refractivity contribution in [3.63, 3.8) is 0 Å². The van der Waals surface area contributed by atoms with Gasteiger partial charge in [-0.05, 0) is 102 Å². The second-order valence-electron chi connectivity index (χ2n) is 14.6. The van der Waals surface area contributed by atoms with Crippen molar-refractivity contribution in [3.05, 3.63) is 76.9 Å². The van der Waals surface area contributed by atoms with Gasteiger partial charge in [-0.3, -0.25) is 0 Å². The average molecular weight is 763 g/mol. The normalized spacial score (nSPS) is 15.8. The third kappa shape index (κ3) is 10.2. The number of rotatable bonds is 11. The smallest absolute Gasteiger partial charge is 0.496 e. The number of hydrogen-bond donors (Lipinski definition) is 1. The molecule has 5 heteroatoms. The molecule has 5 rings (SSSR count). The SMILES string of the molecule is COc1ccc(OC)c(P(C2CCCCC2)C2CCCCC2)c1-c1c(C(C)C)cc(C(C)C)cc1C(C)C.NCCc1[c-]cccc1.[Pd+2]. The molecule has 3 nitrogen and oxygen atoms in total. The first-order chi connectivity index (χ1) is 22.7. The third-order valence-electron chi connectivity index (χ3n) is 10.3. The van der Waals surface area contributed by atoms with Crippen LogP contribution in [0, 0.1) is 6.07 Å². The van der Waals surface area contributed by atoms with Crippen LogP contribution in [0.5, 0.6) is 11.5 Å². The summed E-state index contributed by atoms with van der Waals surface area (Å²) >= 11 is 0. The Morgan fingerprint density at radius 3 is 1.65 bits per heavy atom. The van der Waals surface area contributed by atoms with Crippen LogP contribution in [-0.2, 0) is 26.8 Å². The predicted molar refractivity (Wildman–Crippen MR) is 206 cm³/mol. The van der Waals surface area contributed by atoms with E-state index in [1.165, 1.54) is 103 Å². The van der Waals surface area contributed by atoms with E-state index in [0.29, 0.717) is 24.3 Å². The Morgan fingerprint density at radius 2 is 1.23 bits per heavy atom. The molecule has 0 radical (unpaired) electrons. The van der Waals surface area contributed by atoms with Crippen molar-refractivity contribution in [2.45, 2.75) is 141 Å². The number of ether oxygens (including phenoxy) is 2. The number of methoxy groups -OCH3 is 2. The first kappa shape index (κ1) is 40.7. The Hall–Kier alpha value is -1.69. The van der Waals surface area contributed by atoms with Crippen LogP contribution in [0.15, 0.2) is 48.5 Å². The molecule has 2 N–H and O–H groups in total. The summed E-state index contributed by atoms with van der Waals surface area (Å²) in [5, 5.41) is 1.52. The van der Waals surface area contributed by atoms with E-state index in [0.717, 1.165) is 29.2 Å². The van der Waals surface area contributed by atoms with E-state index < -0.39 is 0 Å². The van der Waals surface area contributed by atoms with Gasteiger partial charge in [0.15, 0.2) is 0 Å². The zero-order chi connectivity index (χ0) is 33.9. The maximum Gasteiger partial charge on any atom is 2.00 e. The molecule has 48 heavy (non-hydrogen) atoms. The minimum absolute atomic E-state index is 0. The van der Waals surface area contributed by atoms with Crippen molar-refractivity contribution < 1.29 is 29.9 Å². The Bertz CT molecular complexity index is 1330. The molecule has 0 spiro atoms. The summed E-state index contributed by atoms with van der Waals surface area (Å²) in [6.07, 6.45) is 14.8. The van der Waals surface area contributed by atoms with E-state index in [9.17, 15) is 0 Å². The molecule has 2 saturated carbocycles. The first-order valence-electron chi connectivity index (χ1n) is 18.6. The van der Waals surface area contributed by atoms with Gasteiger partial charge in [-0.2, -0.15) is 35.9 Å². The Kier molecular flexibility index (Phi) is 17.2. The van der Waals surface area contributed by atoms with Gasteiger partial charge in [-0.25, -0.2) is 0 Å². The van der Waals surface area contributed by atoms with Crippen molar-refractivity contribution in [1.29, 1.82) is 0 Å². The monoisotopic (exact) mass is 762 g/mol. The van der Waals surface area contributed by atoms with Crippen LogP contribution in [0.1, 0.15) is 146 Å². The summed E-state index contributed by atoms with van der Waals surface area (Å²) in [5.41, 5.74) is 15.3. The van der Waals surface area contributed by atoms with Crippen molar-refractivity contribution in [2.24, 2.45) is 5.73 Å². The average Bonchev–Trinajstić information content (AvgIpc) is 3.09. The van der Waals surface area contributed by atoms with Crippen LogP contribution < -0.4 is 20.5 Å². The van der Waals surface area contributed by atoms with Crippen LogP contribution >= 0.6 is 7.92 Å². The van der Waals surface area contributed by atoms with Crippen molar-refractivity contribution in [2.75, 3.05) is 20.8 Å². The summed E-state index contributed by atoms with van der Waals surface area (Å²) in [7, 11) is 3.38. The minimum Gasteiger partial charge on any atom is -0.496 e. The Balaban J connectivity index is 0.000000541. The van der Waals surface area contributed by atoms with Crippen molar-refractivity contribution in [3.8, 4) is 22.6 Å². The van der Waals surface area contributed by atoms with Crippen LogP contribution in [0.3, 0.4) is 0 Å². The number of hydrogen-bond acceptors (Lipinski definition) is 3. The molecule has 3 aromatic rings. The zero-order valence-electron chi connectivity index (χ0n) is 31.1. The molecule has 0 unspecified atom stereocenters. The van der Waals surface area contributed by atoms with Gasteiger partial charge in [0.1, 0.15) is 11.5 Å². The van der Waals surface area contributed by atoms with Gasteiger partial charge in [0, 0.05) is 10.9 Å². The number of nitrogens with two attached hydrogens (primary N) is 1. The second-order valence-corrected chi connectivity index (χ2v) is 17.4. The number of benzene rings is 3. The van der Waals surface area contributed by atoms with Gasteiger partial charge in [0.05, 0.1) is 14.2 Å². The molecule has 2 aliphatic rings. The summed E-state index contributed by atoms with van der Waals surface area (Å²) in [6.45, 7) is 14.8. The topological polar surface area (TPSA) is 44.5 Å². The van der Waals surface area contributed by atoms with Gasteiger partial charge in [0.25, 0.3) is 0 Å². The molecule has 0 saturated heterocycles. The zero-order valence-corrected chi connectivity index (χ0v) is 33.6. The predicted octanol–water partition coefficient (Wildman–Crippen LogP) is 11.5. The summed E-state index contributed by atoms with van der Waals surface area (Å²) < 4.78 is 12.6. The maximum atomic E-state index is 6.29. The summed E-state index contributed by atoms with van der Waals surface area (Å²) in [4.78, 5) is 0. The van der Waals surface area contributed by atoms with E-state index in [-0.39, 0.29) is 28.3 Å². The van der Waals surface area contributed by atoms with Gasteiger partial charge < -0.3 is 15.2 Å². The molecule has 0 bridgehead atoms. The summed E-state index contributed by atoms with van der Waals surface area (Å²) in [5.74, 6) is 3.50. The van der Waals surface area contributed by atoms with Crippen LogP contribution in [-0.4, -0.2) is 32.1 Å². The Labute approximate surface area is 309 Å². The first-order valence-corrected chi connectivity index (χ1v) is 20.1. The van der Waals surface area contributed by atoms with E-state index in [4.69, 9.17) is 15.2 Å². The maximum absolute atomic E-state index is 6.29. The standard InChI is InChI=1S/C35H53O2P.C8H10N.Pd/c1-23(2)26-21-29(24(3)4)33(30(22-26)25(5)6)34-31(36-7)19-20-32(37-8)35(34)38(27-15-11-9-12-16-27)28-17-13-10-14-18-28;9-7-6-8-4-2-1-3-5-8;/h19-25,27-28H,9-18H2,1-8H3;1-4H,6-7,9H2;/q;-1;+2. The van der Waals surface area contributed by atoms with E-state index in [1.807, 2.05) is 38.5 Å². The molecule has 0 amide bonds. The molecular weight excluding hydrogens is 700 g/mol. The van der Waals surface area contributed by atoms with Gasteiger partial charge >= 0.3 is 20.4 Å². The molecule has 3 aromatic carbocycles. The summed E-state index contributed by atoms with van der Waals surface area (Å²) in [6, 6.07) is 20.4. The molecule has 0 aliphatic heterocycles. The van der Waals surface area contributed by atoms with E-state index >= 15 is 0 Å². The van der Waals surface area contributed by atoms with Gasteiger partial charge in [-0.15, -0.1) is 0 Å². The van der Waals surface area contributed by atoms with Gasteiger partial charge in [0.2, 0.25) is 0 Å². The fourth-order valence-electron chi connectivity index (χ4n) is 7.75. The van der Waals surface area contributed by atoms with Crippen LogP contribution in [0.25, 0.3) is 11.1 Å². The molecule has 2 aliphatic carbocycles. The quantitative estimate of drug-likeness (QED) is 0.120. The molecule has 266 valence electrons. The minimum atomic E-state index is -0.373. The molecule has 0 aromatic heterocycles. The van der Waals surface area contributed by atoms with Crippen LogP contribution in [0.4, 0.5) is 0 Å². The molecule has 2 fully saturated rings. The fourth-order valence-corrected chi connectivity index (χ4v) is 11.8. The third-order valence-corrected chi connectivity index (χ3v) is 13.9.